The zero-order valence-corrected chi connectivity index (χ0v) is 13.2. The molecule has 0 unspecified atom stereocenters. The number of rotatable bonds is 2. The van der Waals surface area contributed by atoms with E-state index in [1.807, 2.05) is 11.3 Å². The summed E-state index contributed by atoms with van der Waals surface area (Å²) in [6.45, 7) is 1.52. The third kappa shape index (κ3) is 2.57. The van der Waals surface area contributed by atoms with Crippen LogP contribution in [0.15, 0.2) is 17.5 Å². The van der Waals surface area contributed by atoms with Gasteiger partial charge in [-0.3, -0.25) is 4.90 Å². The van der Waals surface area contributed by atoms with Crippen LogP contribution in [-0.4, -0.2) is 38.0 Å². The fourth-order valence-corrected chi connectivity index (χ4v) is 4.35. The molecule has 1 aromatic heterocycles. The Bertz CT molecular complexity index is 392. The van der Waals surface area contributed by atoms with Crippen molar-refractivity contribution >= 4 is 23.7 Å². The van der Waals surface area contributed by atoms with Gasteiger partial charge in [-0.1, -0.05) is 6.07 Å². The summed E-state index contributed by atoms with van der Waals surface area (Å²) in [6, 6.07) is 4.41. The first-order chi connectivity index (χ1) is 8.67. The molecule has 0 atom stereocenters. The lowest BCUT2D eigenvalue weighted by Crippen LogP contribution is -2.49. The van der Waals surface area contributed by atoms with E-state index in [0.717, 1.165) is 38.9 Å². The molecule has 0 N–H and O–H groups in total. The Morgan fingerprint density at radius 2 is 1.74 bits per heavy atom. The highest BCUT2D eigenvalue weighted by Gasteiger charge is 2.48. The Balaban J connectivity index is 0.00000133. The lowest BCUT2D eigenvalue weighted by atomic mass is 9.77. The normalized spacial score (nSPS) is 24.6. The highest BCUT2D eigenvalue weighted by molar-refractivity contribution is 7.10. The van der Waals surface area contributed by atoms with Crippen molar-refractivity contribution in [2.75, 3.05) is 27.3 Å². The molecule has 108 valence electrons. The number of hydrogen-bond donors (Lipinski definition) is 0. The summed E-state index contributed by atoms with van der Waals surface area (Å²) in [5.74, 6) is -0.267. The summed E-state index contributed by atoms with van der Waals surface area (Å²) in [7, 11) is 4.38. The van der Waals surface area contributed by atoms with Crippen LogP contribution in [0.2, 0.25) is 0 Å². The van der Waals surface area contributed by atoms with Gasteiger partial charge in [0, 0.05) is 17.7 Å². The summed E-state index contributed by atoms with van der Waals surface area (Å²) in [4.78, 5) is 3.85. The molecule has 19 heavy (non-hydrogen) atoms. The highest BCUT2D eigenvalue weighted by Crippen LogP contribution is 2.48. The fourth-order valence-electron chi connectivity index (χ4n) is 3.29. The number of nitrogens with zero attached hydrogens (tertiary/aromatic N) is 1. The Hall–Kier alpha value is -0.130. The molecule has 3 nitrogen and oxygen atoms in total. The second-order valence-corrected chi connectivity index (χ2v) is 6.46. The smallest absolute Gasteiger partial charge is 0.168 e. The van der Waals surface area contributed by atoms with E-state index >= 15 is 0 Å². The van der Waals surface area contributed by atoms with E-state index in [1.165, 1.54) is 4.88 Å². The molecule has 2 heterocycles. The third-order valence-corrected chi connectivity index (χ3v) is 5.55. The summed E-state index contributed by atoms with van der Waals surface area (Å²) >= 11 is 1.86. The minimum atomic E-state index is -0.267. The van der Waals surface area contributed by atoms with Gasteiger partial charge in [-0.2, -0.15) is 0 Å². The Kier molecular flexibility index (Phi) is 4.58. The van der Waals surface area contributed by atoms with Gasteiger partial charge in [0.25, 0.3) is 0 Å². The van der Waals surface area contributed by atoms with Gasteiger partial charge in [0.05, 0.1) is 18.8 Å². The maximum Gasteiger partial charge on any atom is 0.168 e. The van der Waals surface area contributed by atoms with Crippen molar-refractivity contribution in [2.45, 2.75) is 37.0 Å². The highest BCUT2D eigenvalue weighted by atomic mass is 35.5. The number of hydrogen-bond acceptors (Lipinski definition) is 4. The molecule has 0 radical (unpaired) electrons. The van der Waals surface area contributed by atoms with Gasteiger partial charge in [0.1, 0.15) is 0 Å². The van der Waals surface area contributed by atoms with Gasteiger partial charge in [0.15, 0.2) is 5.79 Å². The van der Waals surface area contributed by atoms with Crippen molar-refractivity contribution in [1.82, 2.24) is 4.90 Å². The van der Waals surface area contributed by atoms with Crippen molar-refractivity contribution in [2.24, 2.45) is 0 Å². The standard InChI is InChI=1S/C14H21NO2S.ClH/c1-15(2)13(12-4-3-11-18-12)5-7-14(8-6-13)16-9-10-17-14;/h3-4,11H,5-10H2,1-2H3;1H. The molecule has 1 aliphatic heterocycles. The summed E-state index contributed by atoms with van der Waals surface area (Å²) in [5, 5.41) is 2.17. The van der Waals surface area contributed by atoms with E-state index in [1.54, 1.807) is 0 Å². The monoisotopic (exact) mass is 303 g/mol. The van der Waals surface area contributed by atoms with Crippen LogP contribution >= 0.6 is 23.7 Å². The minimum absolute atomic E-state index is 0. The number of thiophene rings is 1. The molecule has 3 rings (SSSR count). The molecular weight excluding hydrogens is 282 g/mol. The van der Waals surface area contributed by atoms with Crippen LogP contribution in [0.1, 0.15) is 30.6 Å². The van der Waals surface area contributed by atoms with Crippen molar-refractivity contribution in [3.05, 3.63) is 22.4 Å². The molecular formula is C14H22ClNO2S. The average molecular weight is 304 g/mol. The molecule has 2 fully saturated rings. The van der Waals surface area contributed by atoms with E-state index in [9.17, 15) is 0 Å². The molecule has 2 aliphatic rings. The van der Waals surface area contributed by atoms with Crippen LogP contribution < -0.4 is 0 Å². The molecule has 1 spiro atoms. The maximum atomic E-state index is 5.83. The second-order valence-electron chi connectivity index (χ2n) is 5.51. The van der Waals surface area contributed by atoms with E-state index in [-0.39, 0.29) is 23.7 Å². The van der Waals surface area contributed by atoms with Gasteiger partial charge in [0.2, 0.25) is 0 Å². The Morgan fingerprint density at radius 1 is 1.11 bits per heavy atom. The summed E-state index contributed by atoms with van der Waals surface area (Å²) < 4.78 is 11.7. The number of halogens is 1. The molecule has 0 amide bonds. The predicted octanol–water partition coefficient (Wildman–Crippen LogP) is 3.24. The van der Waals surface area contributed by atoms with Crippen molar-refractivity contribution in [1.29, 1.82) is 0 Å². The van der Waals surface area contributed by atoms with Crippen molar-refractivity contribution < 1.29 is 9.47 Å². The first-order valence-corrected chi connectivity index (χ1v) is 7.54. The van der Waals surface area contributed by atoms with Crippen LogP contribution in [0.3, 0.4) is 0 Å². The zero-order valence-electron chi connectivity index (χ0n) is 11.6. The molecule has 1 saturated heterocycles. The molecule has 0 bridgehead atoms. The van der Waals surface area contributed by atoms with Crippen LogP contribution in [0.25, 0.3) is 0 Å². The minimum Gasteiger partial charge on any atom is -0.348 e. The lowest BCUT2D eigenvalue weighted by Gasteiger charge is -2.47. The van der Waals surface area contributed by atoms with E-state index < -0.39 is 0 Å². The topological polar surface area (TPSA) is 21.7 Å². The Morgan fingerprint density at radius 3 is 2.21 bits per heavy atom. The number of ether oxygens (including phenoxy) is 2. The van der Waals surface area contributed by atoms with Gasteiger partial charge in [-0.25, -0.2) is 0 Å². The van der Waals surface area contributed by atoms with Gasteiger partial charge in [-0.15, -0.1) is 23.7 Å². The van der Waals surface area contributed by atoms with Crippen LogP contribution in [0, 0.1) is 0 Å². The third-order valence-electron chi connectivity index (χ3n) is 4.49. The molecule has 1 aromatic rings. The molecule has 5 heteroatoms. The Labute approximate surface area is 125 Å². The van der Waals surface area contributed by atoms with Crippen LogP contribution in [0.4, 0.5) is 0 Å². The van der Waals surface area contributed by atoms with E-state index in [0.29, 0.717) is 0 Å². The largest absolute Gasteiger partial charge is 0.348 e. The quantitative estimate of drug-likeness (QED) is 0.837. The predicted molar refractivity (Wildman–Crippen MR) is 80.0 cm³/mol. The lowest BCUT2D eigenvalue weighted by molar-refractivity contribution is -0.193. The molecule has 1 saturated carbocycles. The van der Waals surface area contributed by atoms with Crippen LogP contribution in [0.5, 0.6) is 0 Å². The first kappa shape index (κ1) is 15.3. The van der Waals surface area contributed by atoms with E-state index in [2.05, 4.69) is 36.5 Å². The van der Waals surface area contributed by atoms with Crippen molar-refractivity contribution in [3.63, 3.8) is 0 Å². The van der Waals surface area contributed by atoms with E-state index in [4.69, 9.17) is 9.47 Å². The fraction of sp³-hybridized carbons (Fsp3) is 0.714. The SMILES string of the molecule is CN(C)C1(c2cccs2)CCC2(CC1)OCCO2.Cl. The molecule has 0 aromatic carbocycles. The maximum absolute atomic E-state index is 5.83. The van der Waals surface area contributed by atoms with Gasteiger partial charge >= 0.3 is 0 Å². The summed E-state index contributed by atoms with van der Waals surface area (Å²) in [5.41, 5.74) is 0.175. The zero-order chi connectivity index (χ0) is 12.6. The van der Waals surface area contributed by atoms with Crippen LogP contribution in [-0.2, 0) is 15.0 Å². The van der Waals surface area contributed by atoms with Crippen molar-refractivity contribution in [3.8, 4) is 0 Å². The van der Waals surface area contributed by atoms with Gasteiger partial charge in [-0.05, 0) is 38.4 Å². The first-order valence-electron chi connectivity index (χ1n) is 6.66. The average Bonchev–Trinajstić information content (AvgIpc) is 3.02. The van der Waals surface area contributed by atoms with Gasteiger partial charge < -0.3 is 9.47 Å². The second kappa shape index (κ2) is 5.70. The molecule has 1 aliphatic carbocycles. The summed E-state index contributed by atoms with van der Waals surface area (Å²) in [6.07, 6.45) is 4.23.